The molecule has 0 spiro atoms. The van der Waals surface area contributed by atoms with Crippen LogP contribution in [0.3, 0.4) is 0 Å². The molecule has 0 fully saturated rings. The third-order valence-electron chi connectivity index (χ3n) is 5.31. The molecule has 0 radical (unpaired) electrons. The molecule has 9 heteroatoms. The first kappa shape index (κ1) is 24.9. The Bertz CT molecular complexity index is 1560. The van der Waals surface area contributed by atoms with Crippen molar-refractivity contribution in [2.75, 3.05) is 5.32 Å². The maximum absolute atomic E-state index is 12.6. The normalized spacial score (nSPS) is 11.1. The lowest BCUT2D eigenvalue weighted by Gasteiger charge is -2.11. The van der Waals surface area contributed by atoms with Crippen LogP contribution in [0.4, 0.5) is 11.4 Å². The second kappa shape index (κ2) is 11.0. The van der Waals surface area contributed by atoms with Gasteiger partial charge >= 0.3 is 0 Å². The fourth-order valence-corrected chi connectivity index (χ4v) is 4.25. The van der Waals surface area contributed by atoms with Crippen LogP contribution >= 0.6 is 27.5 Å². The van der Waals surface area contributed by atoms with Gasteiger partial charge in [-0.05, 0) is 62.1 Å². The number of nitrogens with zero attached hydrogens (tertiary/aromatic N) is 2. The number of ether oxygens (including phenoxy) is 1. The maximum atomic E-state index is 12.6. The molecule has 1 N–H and O–H groups in total. The number of amides is 1. The SMILES string of the molecule is N#CC(=Cc1ccc(OCc2cccc3ccccc23)c(Br)c1)C(=O)Nc1ccc([N+](=O)[O-])cc1Cl. The van der Waals surface area contributed by atoms with Crippen molar-refractivity contribution in [2.24, 2.45) is 0 Å². The summed E-state index contributed by atoms with van der Waals surface area (Å²) < 4.78 is 6.67. The average Bonchev–Trinajstić information content (AvgIpc) is 2.87. The molecule has 178 valence electrons. The van der Waals surface area contributed by atoms with Crippen molar-refractivity contribution in [3.05, 3.63) is 115 Å². The number of anilines is 1. The van der Waals surface area contributed by atoms with Gasteiger partial charge in [0.25, 0.3) is 11.6 Å². The number of hydrogen-bond acceptors (Lipinski definition) is 5. The van der Waals surface area contributed by atoms with Crippen LogP contribution in [0, 0.1) is 21.4 Å². The third kappa shape index (κ3) is 5.71. The van der Waals surface area contributed by atoms with Crippen LogP contribution in [-0.2, 0) is 11.4 Å². The number of nitro groups is 1. The monoisotopic (exact) mass is 561 g/mol. The molecule has 1 amide bonds. The van der Waals surface area contributed by atoms with Gasteiger partial charge in [-0.2, -0.15) is 5.26 Å². The number of fused-ring (bicyclic) bond motifs is 1. The van der Waals surface area contributed by atoms with E-state index in [2.05, 4.69) is 27.3 Å². The third-order valence-corrected chi connectivity index (χ3v) is 6.24. The molecular weight excluding hydrogens is 546 g/mol. The lowest BCUT2D eigenvalue weighted by molar-refractivity contribution is -0.384. The highest BCUT2D eigenvalue weighted by Crippen LogP contribution is 2.30. The van der Waals surface area contributed by atoms with E-state index in [0.717, 1.165) is 22.4 Å². The quantitative estimate of drug-likeness (QED) is 0.110. The molecule has 4 aromatic rings. The van der Waals surface area contributed by atoms with Crippen LogP contribution in [-0.4, -0.2) is 10.8 Å². The Morgan fingerprint density at radius 1 is 1.11 bits per heavy atom. The number of nitro benzene ring substituents is 1. The second-order valence-corrected chi connectivity index (χ2v) is 8.92. The Morgan fingerprint density at radius 2 is 1.89 bits per heavy atom. The van der Waals surface area contributed by atoms with Crippen LogP contribution in [0.15, 0.2) is 88.9 Å². The average molecular weight is 563 g/mol. The summed E-state index contributed by atoms with van der Waals surface area (Å²) in [6.45, 7) is 0.372. The smallest absolute Gasteiger partial charge is 0.271 e. The highest BCUT2D eigenvalue weighted by molar-refractivity contribution is 9.10. The molecular formula is C27H17BrClN3O4. The molecule has 0 bridgehead atoms. The van der Waals surface area contributed by atoms with Gasteiger partial charge in [0.05, 0.1) is 20.1 Å². The molecule has 36 heavy (non-hydrogen) atoms. The van der Waals surface area contributed by atoms with Gasteiger partial charge in [-0.1, -0.05) is 60.1 Å². The molecule has 0 atom stereocenters. The largest absolute Gasteiger partial charge is 0.488 e. The second-order valence-electron chi connectivity index (χ2n) is 7.66. The van der Waals surface area contributed by atoms with Crippen LogP contribution in [0.5, 0.6) is 5.75 Å². The lowest BCUT2D eigenvalue weighted by Crippen LogP contribution is -2.13. The predicted octanol–water partition coefficient (Wildman–Crippen LogP) is 7.29. The van der Waals surface area contributed by atoms with E-state index in [1.54, 1.807) is 18.2 Å². The first-order chi connectivity index (χ1) is 17.4. The van der Waals surface area contributed by atoms with Gasteiger partial charge in [0.2, 0.25) is 0 Å². The molecule has 4 rings (SSSR count). The van der Waals surface area contributed by atoms with E-state index in [4.69, 9.17) is 16.3 Å². The van der Waals surface area contributed by atoms with E-state index >= 15 is 0 Å². The number of non-ortho nitro benzene ring substituents is 1. The number of halogens is 2. The zero-order valence-electron chi connectivity index (χ0n) is 18.6. The fourth-order valence-electron chi connectivity index (χ4n) is 3.52. The van der Waals surface area contributed by atoms with E-state index in [0.29, 0.717) is 22.4 Å². The van der Waals surface area contributed by atoms with Gasteiger partial charge in [-0.15, -0.1) is 0 Å². The van der Waals surface area contributed by atoms with E-state index in [-0.39, 0.29) is 22.0 Å². The van der Waals surface area contributed by atoms with Crippen molar-refractivity contribution < 1.29 is 14.5 Å². The lowest BCUT2D eigenvalue weighted by atomic mass is 10.1. The number of carbonyl (C=O) groups excluding carboxylic acids is 1. The number of rotatable bonds is 7. The summed E-state index contributed by atoms with van der Waals surface area (Å²) in [6, 6.07) is 24.9. The van der Waals surface area contributed by atoms with Gasteiger partial charge < -0.3 is 10.1 Å². The maximum Gasteiger partial charge on any atom is 0.271 e. The number of benzene rings is 4. The van der Waals surface area contributed by atoms with Crippen molar-refractivity contribution in [3.8, 4) is 11.8 Å². The molecule has 0 saturated carbocycles. The summed E-state index contributed by atoms with van der Waals surface area (Å²) in [7, 11) is 0. The minimum Gasteiger partial charge on any atom is -0.488 e. The Balaban J connectivity index is 1.48. The first-order valence-corrected chi connectivity index (χ1v) is 11.8. The molecule has 4 aromatic carbocycles. The number of hydrogen-bond donors (Lipinski definition) is 1. The fraction of sp³-hybridized carbons (Fsp3) is 0.0370. The highest BCUT2D eigenvalue weighted by atomic mass is 79.9. The molecule has 0 saturated heterocycles. The minimum atomic E-state index is -0.694. The Kier molecular flexibility index (Phi) is 7.64. The van der Waals surface area contributed by atoms with Gasteiger partial charge in [0.15, 0.2) is 0 Å². The zero-order chi connectivity index (χ0) is 25.7. The molecule has 0 aromatic heterocycles. The molecule has 0 unspecified atom stereocenters. The van der Waals surface area contributed by atoms with Crippen molar-refractivity contribution in [3.63, 3.8) is 0 Å². The van der Waals surface area contributed by atoms with E-state index < -0.39 is 10.8 Å². The zero-order valence-corrected chi connectivity index (χ0v) is 20.9. The standard InChI is InChI=1S/C27H17BrClN3O4/c28-23-13-17(8-11-26(23)36-16-19-6-3-5-18-4-1-2-7-22(18)19)12-20(15-30)27(33)31-25-10-9-21(32(34)35)14-24(25)29/h1-14H,16H2,(H,31,33). The highest BCUT2D eigenvalue weighted by Gasteiger charge is 2.15. The first-order valence-electron chi connectivity index (χ1n) is 10.6. The van der Waals surface area contributed by atoms with Crippen molar-refractivity contribution >= 4 is 61.7 Å². The molecule has 0 aliphatic heterocycles. The number of carbonyl (C=O) groups is 1. The summed E-state index contributed by atoms with van der Waals surface area (Å²) in [6.07, 6.45) is 1.42. The summed E-state index contributed by atoms with van der Waals surface area (Å²) in [5.74, 6) is -0.0821. The van der Waals surface area contributed by atoms with Crippen molar-refractivity contribution in [1.82, 2.24) is 0 Å². The van der Waals surface area contributed by atoms with Gasteiger partial charge in [-0.25, -0.2) is 0 Å². The van der Waals surface area contributed by atoms with Crippen molar-refractivity contribution in [2.45, 2.75) is 6.61 Å². The van der Waals surface area contributed by atoms with Gasteiger partial charge in [0, 0.05) is 12.1 Å². The minimum absolute atomic E-state index is 0.00900. The van der Waals surface area contributed by atoms with E-state index in [1.165, 1.54) is 18.2 Å². The molecule has 0 heterocycles. The van der Waals surface area contributed by atoms with Crippen molar-refractivity contribution in [1.29, 1.82) is 5.26 Å². The molecule has 0 aliphatic carbocycles. The summed E-state index contributed by atoms with van der Waals surface area (Å²) in [5.41, 5.74) is 1.44. The Morgan fingerprint density at radius 3 is 2.61 bits per heavy atom. The van der Waals surface area contributed by atoms with Gasteiger partial charge in [0.1, 0.15) is 24.0 Å². The van der Waals surface area contributed by atoms with Gasteiger partial charge in [-0.3, -0.25) is 14.9 Å². The summed E-state index contributed by atoms with van der Waals surface area (Å²) in [5, 5.41) is 25.1. The van der Waals surface area contributed by atoms with E-state index in [1.807, 2.05) is 42.5 Å². The molecule has 0 aliphatic rings. The van der Waals surface area contributed by atoms with Crippen LogP contribution in [0.1, 0.15) is 11.1 Å². The van der Waals surface area contributed by atoms with Crippen LogP contribution in [0.2, 0.25) is 5.02 Å². The number of nitrogens with one attached hydrogen (secondary N) is 1. The van der Waals surface area contributed by atoms with E-state index in [9.17, 15) is 20.2 Å². The summed E-state index contributed by atoms with van der Waals surface area (Å²) in [4.78, 5) is 22.9. The van der Waals surface area contributed by atoms with Crippen LogP contribution < -0.4 is 10.1 Å². The predicted molar refractivity (Wildman–Crippen MR) is 143 cm³/mol. The Labute approximate surface area is 219 Å². The number of nitriles is 1. The van der Waals surface area contributed by atoms with Crippen LogP contribution in [0.25, 0.3) is 16.8 Å². The summed E-state index contributed by atoms with van der Waals surface area (Å²) >= 11 is 9.52. The Hall–Kier alpha value is -4.19. The molecule has 7 nitrogen and oxygen atoms in total. The topological polar surface area (TPSA) is 105 Å².